The van der Waals surface area contributed by atoms with Crippen molar-refractivity contribution in [3.8, 4) is 0 Å². The Balaban J connectivity index is 2.64. The zero-order valence-electron chi connectivity index (χ0n) is 5.74. The topological polar surface area (TPSA) is 52.6 Å². The lowest BCUT2D eigenvalue weighted by Gasteiger charge is -2.04. The van der Waals surface area contributed by atoms with E-state index >= 15 is 0 Å². The molecule has 1 heterocycles. The van der Waals surface area contributed by atoms with Gasteiger partial charge in [-0.25, -0.2) is 8.37 Å². The number of rotatable bonds is 0. The first kappa shape index (κ1) is 7.97. The van der Waals surface area contributed by atoms with Crippen LogP contribution in [-0.2, 0) is 18.8 Å². The molecule has 5 heteroatoms. The van der Waals surface area contributed by atoms with Gasteiger partial charge in [-0.05, 0) is 19.8 Å². The number of hydrogen-bond acceptors (Lipinski definition) is 4. The highest BCUT2D eigenvalue weighted by atomic mass is 32.3. The van der Waals surface area contributed by atoms with Gasteiger partial charge in [-0.3, -0.25) is 0 Å². The Labute approximate surface area is 60.5 Å². The van der Waals surface area contributed by atoms with Crippen LogP contribution in [0.3, 0.4) is 0 Å². The molecule has 1 fully saturated rings. The summed E-state index contributed by atoms with van der Waals surface area (Å²) in [6.45, 7) is 1.96. The molecule has 0 bridgehead atoms. The van der Waals surface area contributed by atoms with Gasteiger partial charge in [0.2, 0.25) is 0 Å². The van der Waals surface area contributed by atoms with Gasteiger partial charge in [-0.2, -0.15) is 8.42 Å². The summed E-state index contributed by atoms with van der Waals surface area (Å²) in [4.78, 5) is 0. The van der Waals surface area contributed by atoms with Crippen molar-refractivity contribution >= 4 is 10.4 Å². The zero-order chi connectivity index (χ0) is 7.61. The predicted octanol–water partition coefficient (Wildman–Crippen LogP) is 0.447. The van der Waals surface area contributed by atoms with Crippen LogP contribution >= 0.6 is 0 Å². The Kier molecular flexibility index (Phi) is 2.28. The third-order valence-corrected chi connectivity index (χ3v) is 2.28. The van der Waals surface area contributed by atoms with E-state index < -0.39 is 10.4 Å². The van der Waals surface area contributed by atoms with E-state index in [4.69, 9.17) is 0 Å². The fourth-order valence-electron chi connectivity index (χ4n) is 0.809. The highest BCUT2D eigenvalue weighted by molar-refractivity contribution is 7.81. The summed E-state index contributed by atoms with van der Waals surface area (Å²) in [5.74, 6) is 0. The van der Waals surface area contributed by atoms with E-state index in [1.807, 2.05) is 0 Å². The van der Waals surface area contributed by atoms with Crippen molar-refractivity contribution < 1.29 is 16.8 Å². The molecular weight excluding hydrogens is 156 g/mol. The van der Waals surface area contributed by atoms with Crippen molar-refractivity contribution in [3.63, 3.8) is 0 Å². The second kappa shape index (κ2) is 2.86. The fraction of sp³-hybridized carbons (Fsp3) is 1.00. The monoisotopic (exact) mass is 166 g/mol. The van der Waals surface area contributed by atoms with Crippen LogP contribution < -0.4 is 0 Å². The molecule has 0 aromatic carbocycles. The summed E-state index contributed by atoms with van der Waals surface area (Å²) in [7, 11) is -3.67. The summed E-state index contributed by atoms with van der Waals surface area (Å²) < 4.78 is 30.2. The van der Waals surface area contributed by atoms with Crippen molar-refractivity contribution in [3.05, 3.63) is 0 Å². The second-order valence-corrected chi connectivity index (χ2v) is 3.52. The lowest BCUT2D eigenvalue weighted by atomic mass is 10.2. The van der Waals surface area contributed by atoms with Gasteiger partial charge in [0.25, 0.3) is 0 Å². The Bertz CT molecular complexity index is 196. The first-order chi connectivity index (χ1) is 4.60. The Hall–Kier alpha value is -0.130. The molecule has 1 aliphatic heterocycles. The lowest BCUT2D eigenvalue weighted by Crippen LogP contribution is -2.12. The maximum Gasteiger partial charge on any atom is 0.400 e. The minimum Gasteiger partial charge on any atom is -0.248 e. The molecule has 1 atom stereocenters. The van der Waals surface area contributed by atoms with Crippen LogP contribution in [-0.4, -0.2) is 21.1 Å². The summed E-state index contributed by atoms with van der Waals surface area (Å²) in [6, 6.07) is 0. The van der Waals surface area contributed by atoms with Crippen LogP contribution in [0.2, 0.25) is 0 Å². The molecule has 1 aliphatic rings. The molecule has 4 nitrogen and oxygen atoms in total. The molecule has 1 saturated heterocycles. The van der Waals surface area contributed by atoms with Crippen LogP contribution in [0.1, 0.15) is 19.8 Å². The van der Waals surface area contributed by atoms with Gasteiger partial charge in [0.15, 0.2) is 0 Å². The minimum absolute atomic E-state index is 0.243. The maximum atomic E-state index is 10.6. The molecule has 0 N–H and O–H groups in total. The Morgan fingerprint density at radius 1 is 1.50 bits per heavy atom. The smallest absolute Gasteiger partial charge is 0.248 e. The normalized spacial score (nSPS) is 33.1. The van der Waals surface area contributed by atoms with Gasteiger partial charge >= 0.3 is 10.4 Å². The Morgan fingerprint density at radius 2 is 2.20 bits per heavy atom. The van der Waals surface area contributed by atoms with E-state index in [2.05, 4.69) is 8.37 Å². The van der Waals surface area contributed by atoms with Gasteiger partial charge in [-0.15, -0.1) is 0 Å². The first-order valence-corrected chi connectivity index (χ1v) is 4.51. The molecule has 0 aromatic heterocycles. The van der Waals surface area contributed by atoms with E-state index in [0.29, 0.717) is 0 Å². The van der Waals surface area contributed by atoms with E-state index in [0.717, 1.165) is 12.8 Å². The standard InChI is InChI=1S/C5H10O4S/c1-5-3-2-4-8-10(6,7)9-5/h5H,2-4H2,1H3/t5-/m1/s1. The molecular formula is C5H10O4S. The van der Waals surface area contributed by atoms with E-state index in [9.17, 15) is 8.42 Å². The largest absolute Gasteiger partial charge is 0.400 e. The molecule has 0 unspecified atom stereocenters. The van der Waals surface area contributed by atoms with E-state index in [-0.39, 0.29) is 12.7 Å². The average Bonchev–Trinajstić information content (AvgIpc) is 1.90. The summed E-state index contributed by atoms with van der Waals surface area (Å²) in [6.07, 6.45) is 1.23. The number of hydrogen-bond donors (Lipinski definition) is 0. The van der Waals surface area contributed by atoms with Crippen LogP contribution in [0, 0.1) is 0 Å². The van der Waals surface area contributed by atoms with Gasteiger partial charge in [-0.1, -0.05) is 0 Å². The summed E-state index contributed by atoms with van der Waals surface area (Å²) >= 11 is 0. The van der Waals surface area contributed by atoms with Crippen LogP contribution in [0.25, 0.3) is 0 Å². The quantitative estimate of drug-likeness (QED) is 0.524. The molecule has 0 amide bonds. The van der Waals surface area contributed by atoms with Crippen molar-refractivity contribution in [2.45, 2.75) is 25.9 Å². The van der Waals surface area contributed by atoms with Crippen molar-refractivity contribution in [2.75, 3.05) is 6.61 Å². The third kappa shape index (κ3) is 2.24. The van der Waals surface area contributed by atoms with E-state index in [1.54, 1.807) is 6.92 Å². The fourth-order valence-corrected chi connectivity index (χ4v) is 1.68. The average molecular weight is 166 g/mol. The highest BCUT2D eigenvalue weighted by Crippen LogP contribution is 2.12. The molecule has 1 rings (SSSR count). The SMILES string of the molecule is C[C@@H]1CCCOS(=O)(=O)O1. The van der Waals surface area contributed by atoms with Gasteiger partial charge in [0.1, 0.15) is 0 Å². The van der Waals surface area contributed by atoms with E-state index in [1.165, 1.54) is 0 Å². The third-order valence-electron chi connectivity index (χ3n) is 1.26. The van der Waals surface area contributed by atoms with Crippen molar-refractivity contribution in [1.82, 2.24) is 0 Å². The predicted molar refractivity (Wildman–Crippen MR) is 34.7 cm³/mol. The second-order valence-electron chi connectivity index (χ2n) is 2.28. The molecule has 0 aromatic rings. The van der Waals surface area contributed by atoms with Crippen molar-refractivity contribution in [1.29, 1.82) is 0 Å². The molecule has 0 radical (unpaired) electrons. The lowest BCUT2D eigenvalue weighted by molar-refractivity contribution is 0.197. The minimum atomic E-state index is -3.67. The van der Waals surface area contributed by atoms with Gasteiger partial charge in [0.05, 0.1) is 12.7 Å². The highest BCUT2D eigenvalue weighted by Gasteiger charge is 2.20. The summed E-state index contributed by atoms with van der Waals surface area (Å²) in [5, 5.41) is 0. The van der Waals surface area contributed by atoms with Crippen molar-refractivity contribution in [2.24, 2.45) is 0 Å². The first-order valence-electron chi connectivity index (χ1n) is 3.18. The molecule has 0 saturated carbocycles. The zero-order valence-corrected chi connectivity index (χ0v) is 6.56. The molecule has 60 valence electrons. The van der Waals surface area contributed by atoms with Crippen LogP contribution in [0.5, 0.6) is 0 Å². The van der Waals surface area contributed by atoms with Crippen LogP contribution in [0.4, 0.5) is 0 Å². The molecule has 0 aliphatic carbocycles. The maximum absolute atomic E-state index is 10.6. The van der Waals surface area contributed by atoms with Gasteiger partial charge < -0.3 is 0 Å². The Morgan fingerprint density at radius 3 is 2.90 bits per heavy atom. The van der Waals surface area contributed by atoms with Crippen LogP contribution in [0.15, 0.2) is 0 Å². The summed E-state index contributed by atoms with van der Waals surface area (Å²) in [5.41, 5.74) is 0. The molecule has 10 heavy (non-hydrogen) atoms. The van der Waals surface area contributed by atoms with Gasteiger partial charge in [0, 0.05) is 0 Å². The molecule has 0 spiro atoms.